The number of alkyl halides is 3. The number of halogens is 3. The van der Waals surface area contributed by atoms with Crippen LogP contribution in [0.3, 0.4) is 0 Å². The van der Waals surface area contributed by atoms with Crippen LogP contribution in [0.5, 0.6) is 11.5 Å². The zero-order valence-corrected chi connectivity index (χ0v) is 17.2. The van der Waals surface area contributed by atoms with Gasteiger partial charge in [0.2, 0.25) is 0 Å². The zero-order chi connectivity index (χ0) is 21.6. The van der Waals surface area contributed by atoms with E-state index in [1.807, 2.05) is 59.5 Å². The summed E-state index contributed by atoms with van der Waals surface area (Å²) in [7, 11) is 0. The molecule has 0 aliphatic rings. The molecule has 0 saturated carbocycles. The van der Waals surface area contributed by atoms with Gasteiger partial charge in [-0.1, -0.05) is 36.4 Å². The van der Waals surface area contributed by atoms with E-state index in [1.165, 1.54) is 12.1 Å². The van der Waals surface area contributed by atoms with E-state index in [9.17, 15) is 18.3 Å². The van der Waals surface area contributed by atoms with Crippen LogP contribution in [0.4, 0.5) is 18.9 Å². The molecule has 0 saturated heterocycles. The fourth-order valence-corrected chi connectivity index (χ4v) is 3.63. The Hall–Kier alpha value is -2.64. The highest BCUT2D eigenvalue weighted by Gasteiger charge is 2.29. The SMILES string of the molecule is CC(O)CN(Cc1cccc(SC(F)(F)F)c1)c1cccc(Oc2ccccc2)c1. The highest BCUT2D eigenvalue weighted by atomic mass is 32.2. The summed E-state index contributed by atoms with van der Waals surface area (Å²) in [6, 6.07) is 23.1. The van der Waals surface area contributed by atoms with Crippen molar-refractivity contribution in [2.75, 3.05) is 11.4 Å². The van der Waals surface area contributed by atoms with Gasteiger partial charge in [0.1, 0.15) is 11.5 Å². The molecule has 3 aromatic carbocycles. The maximum Gasteiger partial charge on any atom is 0.446 e. The number of aliphatic hydroxyl groups excluding tert-OH is 1. The van der Waals surface area contributed by atoms with E-state index in [4.69, 9.17) is 4.74 Å². The first-order valence-electron chi connectivity index (χ1n) is 9.39. The third-order valence-electron chi connectivity index (χ3n) is 4.15. The van der Waals surface area contributed by atoms with Crippen LogP contribution in [0.15, 0.2) is 83.8 Å². The van der Waals surface area contributed by atoms with E-state index in [-0.39, 0.29) is 16.7 Å². The van der Waals surface area contributed by atoms with E-state index in [0.29, 0.717) is 24.6 Å². The van der Waals surface area contributed by atoms with Gasteiger partial charge in [0.05, 0.1) is 6.10 Å². The van der Waals surface area contributed by atoms with Crippen LogP contribution in [0.2, 0.25) is 0 Å². The lowest BCUT2D eigenvalue weighted by molar-refractivity contribution is -0.0328. The molecular weight excluding hydrogens is 411 g/mol. The maximum absolute atomic E-state index is 12.7. The number of anilines is 1. The van der Waals surface area contributed by atoms with Gasteiger partial charge in [-0.05, 0) is 60.6 Å². The lowest BCUT2D eigenvalue weighted by atomic mass is 10.1. The monoisotopic (exact) mass is 433 g/mol. The lowest BCUT2D eigenvalue weighted by Gasteiger charge is -2.27. The van der Waals surface area contributed by atoms with Crippen molar-refractivity contribution in [3.8, 4) is 11.5 Å². The summed E-state index contributed by atoms with van der Waals surface area (Å²) in [6.45, 7) is 2.35. The largest absolute Gasteiger partial charge is 0.457 e. The summed E-state index contributed by atoms with van der Waals surface area (Å²) in [4.78, 5) is 2.05. The number of thioether (sulfide) groups is 1. The molecular formula is C23H22F3NO2S. The minimum Gasteiger partial charge on any atom is -0.457 e. The summed E-state index contributed by atoms with van der Waals surface area (Å²) >= 11 is -0.133. The van der Waals surface area contributed by atoms with Crippen LogP contribution < -0.4 is 9.64 Å². The summed E-state index contributed by atoms with van der Waals surface area (Å²) in [5.41, 5.74) is -2.81. The van der Waals surface area contributed by atoms with E-state index in [0.717, 1.165) is 11.3 Å². The van der Waals surface area contributed by atoms with Gasteiger partial charge in [-0.25, -0.2) is 0 Å². The molecule has 1 N–H and O–H groups in total. The van der Waals surface area contributed by atoms with Crippen molar-refractivity contribution in [1.29, 1.82) is 0 Å². The summed E-state index contributed by atoms with van der Waals surface area (Å²) < 4.78 is 44.0. The number of benzene rings is 3. The van der Waals surface area contributed by atoms with Crippen molar-refractivity contribution in [2.24, 2.45) is 0 Å². The van der Waals surface area contributed by atoms with Crippen LogP contribution in [0.1, 0.15) is 12.5 Å². The fraction of sp³-hybridized carbons (Fsp3) is 0.217. The molecule has 0 aliphatic carbocycles. The molecule has 0 spiro atoms. The molecule has 30 heavy (non-hydrogen) atoms. The van der Waals surface area contributed by atoms with Crippen LogP contribution in [-0.2, 0) is 6.54 Å². The number of ether oxygens (including phenoxy) is 1. The minimum atomic E-state index is -4.33. The zero-order valence-electron chi connectivity index (χ0n) is 16.3. The van der Waals surface area contributed by atoms with Gasteiger partial charge >= 0.3 is 5.51 Å². The van der Waals surface area contributed by atoms with Gasteiger partial charge in [-0.3, -0.25) is 0 Å². The first-order valence-corrected chi connectivity index (χ1v) is 10.2. The Morgan fingerprint density at radius 3 is 2.33 bits per heavy atom. The quantitative estimate of drug-likeness (QED) is 0.412. The Kier molecular flexibility index (Phi) is 7.29. The molecule has 0 heterocycles. The predicted octanol–water partition coefficient (Wildman–Crippen LogP) is 6.48. The van der Waals surface area contributed by atoms with Gasteiger partial charge in [-0.15, -0.1) is 0 Å². The van der Waals surface area contributed by atoms with Crippen LogP contribution in [0, 0.1) is 0 Å². The maximum atomic E-state index is 12.7. The molecule has 3 aromatic rings. The molecule has 158 valence electrons. The summed E-state index contributed by atoms with van der Waals surface area (Å²) in [5, 5.41) is 9.95. The van der Waals surface area contributed by atoms with Gasteiger partial charge < -0.3 is 14.7 Å². The van der Waals surface area contributed by atoms with Gasteiger partial charge in [0, 0.05) is 29.7 Å². The number of aliphatic hydroxyl groups is 1. The molecule has 0 aliphatic heterocycles. The molecule has 3 rings (SSSR count). The average molecular weight is 433 g/mol. The Morgan fingerprint density at radius 1 is 0.933 bits per heavy atom. The molecule has 0 amide bonds. The highest BCUT2D eigenvalue weighted by Crippen LogP contribution is 2.37. The average Bonchev–Trinajstić information content (AvgIpc) is 2.67. The number of hydrogen-bond acceptors (Lipinski definition) is 4. The first kappa shape index (κ1) is 22.1. The Balaban J connectivity index is 1.81. The van der Waals surface area contributed by atoms with Crippen LogP contribution >= 0.6 is 11.8 Å². The van der Waals surface area contributed by atoms with Crippen molar-refractivity contribution in [3.63, 3.8) is 0 Å². The van der Waals surface area contributed by atoms with Crippen molar-refractivity contribution in [3.05, 3.63) is 84.4 Å². The van der Waals surface area contributed by atoms with E-state index < -0.39 is 11.6 Å². The minimum absolute atomic E-state index is 0.133. The topological polar surface area (TPSA) is 32.7 Å². The normalized spacial score (nSPS) is 12.4. The Bertz CT molecular complexity index is 948. The van der Waals surface area contributed by atoms with Crippen LogP contribution in [0.25, 0.3) is 0 Å². The van der Waals surface area contributed by atoms with E-state index >= 15 is 0 Å². The first-order chi connectivity index (χ1) is 14.3. The fourth-order valence-electron chi connectivity index (χ4n) is 3.01. The van der Waals surface area contributed by atoms with E-state index in [1.54, 1.807) is 19.1 Å². The van der Waals surface area contributed by atoms with Gasteiger partial charge in [0.25, 0.3) is 0 Å². The van der Waals surface area contributed by atoms with Crippen molar-refractivity contribution in [2.45, 2.75) is 30.0 Å². The second-order valence-electron chi connectivity index (χ2n) is 6.84. The third-order valence-corrected chi connectivity index (χ3v) is 4.87. The standard InChI is InChI=1S/C23H22F3NO2S/c1-17(28)15-27(16-18-7-5-12-22(13-18)30-23(24,25)26)19-8-6-11-21(14-19)29-20-9-3-2-4-10-20/h2-14,17,28H,15-16H2,1H3. The second-order valence-corrected chi connectivity index (χ2v) is 7.98. The Morgan fingerprint density at radius 2 is 1.63 bits per heavy atom. The van der Waals surface area contributed by atoms with Gasteiger partial charge in [0.15, 0.2) is 0 Å². The predicted molar refractivity (Wildman–Crippen MR) is 114 cm³/mol. The molecule has 3 nitrogen and oxygen atoms in total. The molecule has 0 radical (unpaired) electrons. The molecule has 1 unspecified atom stereocenters. The molecule has 0 fully saturated rings. The van der Waals surface area contributed by atoms with E-state index in [2.05, 4.69) is 0 Å². The lowest BCUT2D eigenvalue weighted by Crippen LogP contribution is -2.30. The summed E-state index contributed by atoms with van der Waals surface area (Å²) in [5.74, 6) is 1.34. The Labute approximate surface area is 178 Å². The molecule has 7 heteroatoms. The number of rotatable bonds is 8. The van der Waals surface area contributed by atoms with Crippen molar-refractivity contribution >= 4 is 17.4 Å². The number of para-hydroxylation sites is 1. The molecule has 0 bridgehead atoms. The summed E-state index contributed by atoms with van der Waals surface area (Å²) in [6.07, 6.45) is -0.614. The number of hydrogen-bond donors (Lipinski definition) is 1. The van der Waals surface area contributed by atoms with Gasteiger partial charge in [-0.2, -0.15) is 13.2 Å². The smallest absolute Gasteiger partial charge is 0.446 e. The highest BCUT2D eigenvalue weighted by molar-refractivity contribution is 8.00. The van der Waals surface area contributed by atoms with Crippen LogP contribution in [-0.4, -0.2) is 23.3 Å². The number of nitrogens with zero attached hydrogens (tertiary/aromatic N) is 1. The second kappa shape index (κ2) is 9.91. The van der Waals surface area contributed by atoms with Crippen molar-refractivity contribution < 1.29 is 23.0 Å². The molecule has 1 atom stereocenters. The third kappa shape index (κ3) is 7.00. The van der Waals surface area contributed by atoms with Crippen molar-refractivity contribution in [1.82, 2.24) is 0 Å². The molecule has 0 aromatic heterocycles.